The van der Waals surface area contributed by atoms with Crippen molar-refractivity contribution in [1.82, 2.24) is 9.97 Å². The van der Waals surface area contributed by atoms with E-state index in [0.29, 0.717) is 5.92 Å². The Morgan fingerprint density at radius 3 is 2.07 bits per heavy atom. The molecule has 0 aliphatic carbocycles. The number of esters is 1. The van der Waals surface area contributed by atoms with E-state index in [4.69, 9.17) is 0 Å². The number of ether oxygens (including phenoxy) is 1. The normalized spacial score (nSPS) is 6.33. The van der Waals surface area contributed by atoms with E-state index in [2.05, 4.69) is 14.7 Å². The molecule has 0 fully saturated rings. The zero-order chi connectivity index (χ0) is 9.40. The van der Waals surface area contributed by atoms with Gasteiger partial charge in [-0.05, 0) is 0 Å². The van der Waals surface area contributed by atoms with Crippen molar-refractivity contribution in [1.29, 1.82) is 0 Å². The molecular formula is C9H16N2O2UY-2. The van der Waals surface area contributed by atoms with Crippen molar-refractivity contribution in [3.63, 3.8) is 0 Å². The van der Waals surface area contributed by atoms with Crippen molar-refractivity contribution >= 4 is 5.97 Å². The molecule has 0 spiro atoms. The van der Waals surface area contributed by atoms with Gasteiger partial charge in [-0.3, -0.25) is 10.7 Å². The second kappa shape index (κ2) is 17.1. The van der Waals surface area contributed by atoms with Crippen LogP contribution in [0.1, 0.15) is 13.8 Å². The first-order valence-electron chi connectivity index (χ1n) is 3.49. The van der Waals surface area contributed by atoms with Crippen LogP contribution in [0.5, 0.6) is 0 Å². The SMILES string of the molecule is COC(=O)[C-](C)C.[CH3-].[U].[Y].c1c[nH]cn1. The summed E-state index contributed by atoms with van der Waals surface area (Å²) in [5.41, 5.74) is 0. The van der Waals surface area contributed by atoms with Crippen molar-refractivity contribution in [2.75, 3.05) is 7.11 Å². The molecule has 83 valence electrons. The van der Waals surface area contributed by atoms with Crippen LogP contribution in [0.4, 0.5) is 0 Å². The van der Waals surface area contributed by atoms with Gasteiger partial charge >= 0.3 is 0 Å². The number of aromatic nitrogens is 2. The fourth-order valence-electron chi connectivity index (χ4n) is 0.419. The van der Waals surface area contributed by atoms with E-state index in [1.807, 2.05) is 0 Å². The monoisotopic (exact) mass is 511 g/mol. The van der Waals surface area contributed by atoms with Crippen LogP contribution < -0.4 is 0 Å². The Hall–Kier alpha value is 0.706. The minimum Gasteiger partial charge on any atom is -0.491 e. The number of carbonyl (C=O) groups excluding carboxylic acids is 1. The summed E-state index contributed by atoms with van der Waals surface area (Å²) in [7, 11) is 1.37. The molecule has 6 heteroatoms. The minimum atomic E-state index is -0.236. The van der Waals surface area contributed by atoms with Crippen LogP contribution >= 0.6 is 0 Å². The summed E-state index contributed by atoms with van der Waals surface area (Å²) in [6, 6.07) is 0. The topological polar surface area (TPSA) is 55.0 Å². The van der Waals surface area contributed by atoms with Gasteiger partial charge in [-0.15, -0.1) is 0 Å². The van der Waals surface area contributed by atoms with Gasteiger partial charge < -0.3 is 17.1 Å². The second-order valence-corrected chi connectivity index (χ2v) is 2.25. The van der Waals surface area contributed by atoms with Gasteiger partial charge in [0.2, 0.25) is 0 Å². The Balaban J connectivity index is -0.0000000687. The van der Waals surface area contributed by atoms with Crippen LogP contribution in [0.2, 0.25) is 0 Å². The largest absolute Gasteiger partial charge is 0.491 e. The fourth-order valence-corrected chi connectivity index (χ4v) is 0.419. The first-order chi connectivity index (χ1) is 5.68. The van der Waals surface area contributed by atoms with Crippen LogP contribution in [0, 0.1) is 44.5 Å². The smallest absolute Gasteiger partial charge is 0.168 e. The van der Waals surface area contributed by atoms with E-state index in [1.165, 1.54) is 7.11 Å². The average Bonchev–Trinajstić information content (AvgIpc) is 2.59. The maximum absolute atomic E-state index is 10.3. The maximum atomic E-state index is 10.3. The number of rotatable bonds is 1. The number of aromatic amines is 1. The molecule has 15 heavy (non-hydrogen) atoms. The quantitative estimate of drug-likeness (QED) is 0.461. The first-order valence-corrected chi connectivity index (χ1v) is 3.49. The molecule has 1 N–H and O–H groups in total. The van der Waals surface area contributed by atoms with Gasteiger partial charge in [-0.2, -0.15) is 13.8 Å². The molecule has 0 unspecified atom stereocenters. The number of imidazole rings is 1. The van der Waals surface area contributed by atoms with E-state index in [9.17, 15) is 4.79 Å². The molecule has 1 radical (unpaired) electrons. The van der Waals surface area contributed by atoms with Crippen LogP contribution in [0.25, 0.3) is 0 Å². The van der Waals surface area contributed by atoms with E-state index in [-0.39, 0.29) is 77.2 Å². The van der Waals surface area contributed by atoms with Crippen LogP contribution in [0.15, 0.2) is 18.7 Å². The van der Waals surface area contributed by atoms with Gasteiger partial charge in [0, 0.05) is 76.2 Å². The zero-order valence-electron chi connectivity index (χ0n) is 9.57. The summed E-state index contributed by atoms with van der Waals surface area (Å²) in [5, 5.41) is 0. The van der Waals surface area contributed by atoms with E-state index in [1.54, 1.807) is 32.6 Å². The van der Waals surface area contributed by atoms with Crippen molar-refractivity contribution in [3.8, 4) is 0 Å². The number of hydrogen-bond donors (Lipinski definition) is 1. The molecule has 0 saturated heterocycles. The molecular weight excluding hydrogens is 495 g/mol. The summed E-state index contributed by atoms with van der Waals surface area (Å²) in [6.45, 7) is 3.43. The number of hydrogen-bond acceptors (Lipinski definition) is 3. The molecule has 0 saturated carbocycles. The Kier molecular flexibility index (Phi) is 28.3. The van der Waals surface area contributed by atoms with Crippen molar-refractivity contribution in [3.05, 3.63) is 32.1 Å². The zero-order valence-corrected chi connectivity index (χ0v) is 16.6. The fraction of sp³-hybridized carbons (Fsp3) is 0.333. The molecule has 1 aromatic rings. The summed E-state index contributed by atoms with van der Waals surface area (Å²) >= 11 is 0. The number of methoxy groups -OCH3 is 1. The molecule has 1 aromatic heterocycles. The Bertz CT molecular complexity index is 189. The van der Waals surface area contributed by atoms with Crippen LogP contribution in [-0.2, 0) is 42.2 Å². The predicted molar refractivity (Wildman–Crippen MR) is 51.6 cm³/mol. The molecule has 1 rings (SSSR count). The van der Waals surface area contributed by atoms with Gasteiger partial charge in [0.25, 0.3) is 0 Å². The first kappa shape index (κ1) is 24.8. The molecule has 1 heterocycles. The molecule has 4 nitrogen and oxygen atoms in total. The maximum Gasteiger partial charge on any atom is 0.168 e. The van der Waals surface area contributed by atoms with E-state index < -0.39 is 0 Å². The molecule has 0 atom stereocenters. The van der Waals surface area contributed by atoms with Gasteiger partial charge in [0.05, 0.1) is 13.4 Å². The van der Waals surface area contributed by atoms with Gasteiger partial charge in [-0.1, -0.05) is 0 Å². The molecule has 0 aliphatic rings. The molecule has 0 amide bonds. The summed E-state index contributed by atoms with van der Waals surface area (Å²) < 4.78 is 4.34. The predicted octanol–water partition coefficient (Wildman–Crippen LogP) is 1.63. The number of nitrogens with zero attached hydrogens (tertiary/aromatic N) is 1. The van der Waals surface area contributed by atoms with Gasteiger partial charge in [0.1, 0.15) is 0 Å². The van der Waals surface area contributed by atoms with Gasteiger partial charge in [0.15, 0.2) is 5.97 Å². The third kappa shape index (κ3) is 17.3. The van der Waals surface area contributed by atoms with E-state index in [0.717, 1.165) is 0 Å². The van der Waals surface area contributed by atoms with Crippen LogP contribution in [-0.4, -0.2) is 23.0 Å². The number of carbonyl (C=O) groups is 1. The standard InChI is InChI=1S/C5H9O2.C3H4N2.CH3.U.Y/c1-4(2)5(6)7-3;1-2-5-3-4-1;;;/h1-3H3;1-3H,(H,4,5);1H3;;/q-1;;-1;;. The average molecular weight is 511 g/mol. The Morgan fingerprint density at radius 1 is 1.47 bits per heavy atom. The minimum absolute atomic E-state index is 0. The Labute approximate surface area is 141 Å². The third-order valence-corrected chi connectivity index (χ3v) is 1.000. The van der Waals surface area contributed by atoms with Crippen molar-refractivity contribution in [2.45, 2.75) is 13.8 Å². The molecule has 0 bridgehead atoms. The Morgan fingerprint density at radius 2 is 2.00 bits per heavy atom. The third-order valence-electron chi connectivity index (χ3n) is 1.000. The molecule has 0 aliphatic heterocycles. The van der Waals surface area contributed by atoms with Crippen molar-refractivity contribution < 1.29 is 73.4 Å². The number of nitrogens with one attached hydrogen (secondary N) is 1. The van der Waals surface area contributed by atoms with Crippen LogP contribution in [0.3, 0.4) is 0 Å². The number of H-pyrrole nitrogens is 1. The summed E-state index contributed by atoms with van der Waals surface area (Å²) in [4.78, 5) is 16.7. The summed E-state index contributed by atoms with van der Waals surface area (Å²) in [6.07, 6.45) is 5.08. The second-order valence-electron chi connectivity index (χ2n) is 2.25. The molecule has 0 aromatic carbocycles. The summed E-state index contributed by atoms with van der Waals surface area (Å²) in [5.74, 6) is 0.447. The van der Waals surface area contributed by atoms with Crippen molar-refractivity contribution in [2.24, 2.45) is 0 Å². The van der Waals surface area contributed by atoms with E-state index >= 15 is 0 Å². The van der Waals surface area contributed by atoms with Gasteiger partial charge in [-0.25, -0.2) is 4.98 Å².